The lowest BCUT2D eigenvalue weighted by Gasteiger charge is -2.25. The molecule has 0 fully saturated rings. The van der Waals surface area contributed by atoms with E-state index in [9.17, 15) is 0 Å². The molecule has 0 aliphatic heterocycles. The summed E-state index contributed by atoms with van der Waals surface area (Å²) in [4.78, 5) is 0. The lowest BCUT2D eigenvalue weighted by molar-refractivity contribution is 0.302. The summed E-state index contributed by atoms with van der Waals surface area (Å²) >= 11 is 0. The Morgan fingerprint density at radius 2 is 1.33 bits per heavy atom. The molecule has 1 nitrogen and oxygen atoms in total. The van der Waals surface area contributed by atoms with Crippen LogP contribution in [0.15, 0.2) is 0 Å². The number of rotatable bonds is 11. The van der Waals surface area contributed by atoms with Crippen LogP contribution in [0.2, 0.25) is 0 Å². The lowest BCUT2D eigenvalue weighted by atomic mass is 9.86. The molecule has 0 aromatic carbocycles. The standard InChI is InChI=1S/C17H37N/c1-6-7-8-9-10-11-12-13-14-16(18-5)15-17(2,3)4/h16,18H,6-15H2,1-5H3. The van der Waals surface area contributed by atoms with Gasteiger partial charge in [0, 0.05) is 6.04 Å². The van der Waals surface area contributed by atoms with Gasteiger partial charge in [-0.1, -0.05) is 79.1 Å². The maximum absolute atomic E-state index is 3.48. The van der Waals surface area contributed by atoms with Crippen LogP contribution < -0.4 is 5.32 Å². The highest BCUT2D eigenvalue weighted by Crippen LogP contribution is 2.23. The second-order valence-corrected chi connectivity index (χ2v) is 7.01. The fourth-order valence-electron chi connectivity index (χ4n) is 2.61. The van der Waals surface area contributed by atoms with E-state index in [1.807, 2.05) is 0 Å². The molecule has 0 rings (SSSR count). The molecule has 1 unspecified atom stereocenters. The summed E-state index contributed by atoms with van der Waals surface area (Å²) < 4.78 is 0. The molecular formula is C17H37N. The molecule has 0 aliphatic carbocycles. The first kappa shape index (κ1) is 18.0. The Morgan fingerprint density at radius 1 is 0.833 bits per heavy atom. The molecule has 0 aromatic rings. The first-order chi connectivity index (χ1) is 8.49. The molecule has 0 saturated heterocycles. The minimum Gasteiger partial charge on any atom is -0.317 e. The van der Waals surface area contributed by atoms with Gasteiger partial charge in [0.15, 0.2) is 0 Å². The zero-order valence-electron chi connectivity index (χ0n) is 13.6. The fourth-order valence-corrected chi connectivity index (χ4v) is 2.61. The molecule has 1 N–H and O–H groups in total. The summed E-state index contributed by atoms with van der Waals surface area (Å²) in [7, 11) is 2.11. The molecule has 110 valence electrons. The molecular weight excluding hydrogens is 218 g/mol. The zero-order valence-corrected chi connectivity index (χ0v) is 13.6. The largest absolute Gasteiger partial charge is 0.317 e. The van der Waals surface area contributed by atoms with E-state index in [1.54, 1.807) is 0 Å². The lowest BCUT2D eigenvalue weighted by Crippen LogP contribution is -2.29. The highest BCUT2D eigenvalue weighted by atomic mass is 14.9. The van der Waals surface area contributed by atoms with Crippen LogP contribution >= 0.6 is 0 Å². The average Bonchev–Trinajstić information content (AvgIpc) is 2.29. The predicted octanol–water partition coefficient (Wildman–Crippen LogP) is 5.54. The molecule has 0 bridgehead atoms. The van der Waals surface area contributed by atoms with Crippen molar-refractivity contribution in [1.29, 1.82) is 0 Å². The monoisotopic (exact) mass is 255 g/mol. The van der Waals surface area contributed by atoms with Crippen molar-refractivity contribution in [1.82, 2.24) is 5.32 Å². The Kier molecular flexibility index (Phi) is 10.8. The van der Waals surface area contributed by atoms with Crippen LogP contribution in [0, 0.1) is 5.41 Å². The number of hydrogen-bond acceptors (Lipinski definition) is 1. The van der Waals surface area contributed by atoms with Crippen LogP contribution in [-0.2, 0) is 0 Å². The topological polar surface area (TPSA) is 12.0 Å². The minimum absolute atomic E-state index is 0.452. The van der Waals surface area contributed by atoms with Gasteiger partial charge in [-0.3, -0.25) is 0 Å². The molecule has 0 spiro atoms. The van der Waals surface area contributed by atoms with Crippen molar-refractivity contribution in [3.8, 4) is 0 Å². The normalized spacial score (nSPS) is 13.8. The number of unbranched alkanes of at least 4 members (excludes halogenated alkanes) is 7. The van der Waals surface area contributed by atoms with E-state index in [2.05, 4.69) is 40.1 Å². The maximum Gasteiger partial charge on any atom is 0.00690 e. The van der Waals surface area contributed by atoms with Crippen LogP contribution in [0.25, 0.3) is 0 Å². The maximum atomic E-state index is 3.48. The van der Waals surface area contributed by atoms with Crippen molar-refractivity contribution < 1.29 is 0 Å². The third-order valence-corrected chi connectivity index (χ3v) is 3.67. The van der Waals surface area contributed by atoms with Crippen molar-refractivity contribution in [3.63, 3.8) is 0 Å². The van der Waals surface area contributed by atoms with E-state index >= 15 is 0 Å². The first-order valence-electron chi connectivity index (χ1n) is 8.17. The molecule has 18 heavy (non-hydrogen) atoms. The van der Waals surface area contributed by atoms with Gasteiger partial charge < -0.3 is 5.32 Å². The summed E-state index contributed by atoms with van der Waals surface area (Å²) in [6.07, 6.45) is 14.0. The van der Waals surface area contributed by atoms with Crippen molar-refractivity contribution >= 4 is 0 Å². The molecule has 0 radical (unpaired) electrons. The van der Waals surface area contributed by atoms with E-state index in [0.29, 0.717) is 11.5 Å². The van der Waals surface area contributed by atoms with Crippen LogP contribution in [0.3, 0.4) is 0 Å². The van der Waals surface area contributed by atoms with E-state index < -0.39 is 0 Å². The molecule has 1 atom stereocenters. The summed E-state index contributed by atoms with van der Waals surface area (Å²) in [5.41, 5.74) is 0.452. The van der Waals surface area contributed by atoms with Gasteiger partial charge in [0.2, 0.25) is 0 Å². The van der Waals surface area contributed by atoms with Crippen molar-refractivity contribution in [3.05, 3.63) is 0 Å². The SMILES string of the molecule is CCCCCCCCCCC(CC(C)(C)C)NC. The van der Waals surface area contributed by atoms with E-state index in [4.69, 9.17) is 0 Å². The van der Waals surface area contributed by atoms with Crippen LogP contribution in [0.5, 0.6) is 0 Å². The van der Waals surface area contributed by atoms with Gasteiger partial charge in [-0.05, 0) is 25.3 Å². The Bertz CT molecular complexity index is 169. The number of hydrogen-bond donors (Lipinski definition) is 1. The second kappa shape index (κ2) is 10.8. The number of nitrogens with one attached hydrogen (secondary N) is 1. The van der Waals surface area contributed by atoms with Gasteiger partial charge in [-0.25, -0.2) is 0 Å². The van der Waals surface area contributed by atoms with Crippen LogP contribution in [0.1, 0.15) is 91.9 Å². The minimum atomic E-state index is 0.452. The Balaban J connectivity index is 3.40. The summed E-state index contributed by atoms with van der Waals surface area (Å²) in [5.74, 6) is 0. The quantitative estimate of drug-likeness (QED) is 0.478. The van der Waals surface area contributed by atoms with Gasteiger partial charge in [0.05, 0.1) is 0 Å². The van der Waals surface area contributed by atoms with Gasteiger partial charge in [0.25, 0.3) is 0 Å². The summed E-state index contributed by atoms with van der Waals surface area (Å²) in [5, 5.41) is 3.48. The highest BCUT2D eigenvalue weighted by Gasteiger charge is 2.16. The predicted molar refractivity (Wildman–Crippen MR) is 84.1 cm³/mol. The summed E-state index contributed by atoms with van der Waals surface area (Å²) in [6.45, 7) is 9.30. The Morgan fingerprint density at radius 3 is 1.78 bits per heavy atom. The fraction of sp³-hybridized carbons (Fsp3) is 1.00. The molecule has 1 heteroatoms. The third kappa shape index (κ3) is 12.4. The van der Waals surface area contributed by atoms with Crippen LogP contribution in [0.4, 0.5) is 0 Å². The molecule has 0 aromatic heterocycles. The highest BCUT2D eigenvalue weighted by molar-refractivity contribution is 4.73. The first-order valence-corrected chi connectivity index (χ1v) is 8.17. The molecule has 0 heterocycles. The van der Waals surface area contributed by atoms with Crippen LogP contribution in [-0.4, -0.2) is 13.1 Å². The van der Waals surface area contributed by atoms with Gasteiger partial charge in [-0.15, -0.1) is 0 Å². The average molecular weight is 255 g/mol. The smallest absolute Gasteiger partial charge is 0.00690 e. The van der Waals surface area contributed by atoms with Gasteiger partial charge in [0.1, 0.15) is 0 Å². The van der Waals surface area contributed by atoms with Gasteiger partial charge >= 0.3 is 0 Å². The van der Waals surface area contributed by atoms with Crippen molar-refractivity contribution in [2.45, 2.75) is 97.9 Å². The van der Waals surface area contributed by atoms with Gasteiger partial charge in [-0.2, -0.15) is 0 Å². The summed E-state index contributed by atoms with van der Waals surface area (Å²) in [6, 6.07) is 0.713. The Hall–Kier alpha value is -0.0400. The molecule has 0 aliphatic rings. The molecule has 0 amide bonds. The van der Waals surface area contributed by atoms with E-state index in [-0.39, 0.29) is 0 Å². The van der Waals surface area contributed by atoms with Crippen molar-refractivity contribution in [2.24, 2.45) is 5.41 Å². The van der Waals surface area contributed by atoms with E-state index in [1.165, 1.54) is 64.2 Å². The van der Waals surface area contributed by atoms with E-state index in [0.717, 1.165) is 0 Å². The zero-order chi connectivity index (χ0) is 13.9. The second-order valence-electron chi connectivity index (χ2n) is 7.01. The Labute approximate surface area is 116 Å². The molecule has 0 saturated carbocycles. The third-order valence-electron chi connectivity index (χ3n) is 3.67. The van der Waals surface area contributed by atoms with Crippen molar-refractivity contribution in [2.75, 3.05) is 7.05 Å².